The summed E-state index contributed by atoms with van der Waals surface area (Å²) in [7, 11) is 0. The second kappa shape index (κ2) is 24.2. The zero-order chi connectivity index (χ0) is 41.3. The van der Waals surface area contributed by atoms with E-state index < -0.39 is 0 Å². The molecule has 4 heteroatoms. The molecular weight excluding hydrogens is 705 g/mol. The lowest BCUT2D eigenvalue weighted by atomic mass is 9.85. The van der Waals surface area contributed by atoms with Gasteiger partial charge in [0.15, 0.2) is 0 Å². The fraction of sp³-hybridized carbons (Fsp3) is 0.667. The van der Waals surface area contributed by atoms with Gasteiger partial charge >= 0.3 is 0 Å². The fourth-order valence-corrected chi connectivity index (χ4v) is 9.50. The maximum absolute atomic E-state index is 5.45. The van der Waals surface area contributed by atoms with Gasteiger partial charge < -0.3 is 0 Å². The molecule has 0 atom stereocenters. The van der Waals surface area contributed by atoms with Crippen LogP contribution in [0, 0.1) is 27.7 Å². The smallest absolute Gasteiger partial charge is 0.0931 e. The lowest BCUT2D eigenvalue weighted by molar-refractivity contribution is 0.607. The van der Waals surface area contributed by atoms with Crippen molar-refractivity contribution in [2.75, 3.05) is 0 Å². The minimum atomic E-state index is 1.06. The molecule has 0 aliphatic rings. The summed E-state index contributed by atoms with van der Waals surface area (Å²) in [5, 5.41) is 5.71. The molecule has 318 valence electrons. The van der Waals surface area contributed by atoms with E-state index in [1.165, 1.54) is 220 Å². The number of fused-ring (bicyclic) bond motifs is 4. The topological polar surface area (TPSA) is 51.6 Å². The van der Waals surface area contributed by atoms with E-state index in [-0.39, 0.29) is 0 Å². The number of aryl methyl sites for hydroxylation is 8. The van der Waals surface area contributed by atoms with Gasteiger partial charge in [-0.3, -0.25) is 0 Å². The van der Waals surface area contributed by atoms with Gasteiger partial charge in [-0.25, -0.2) is 19.9 Å². The first kappa shape index (κ1) is 45.9. The van der Waals surface area contributed by atoms with Crippen molar-refractivity contribution in [2.45, 2.75) is 235 Å². The minimum absolute atomic E-state index is 1.06. The Morgan fingerprint density at radius 1 is 0.276 bits per heavy atom. The van der Waals surface area contributed by atoms with Crippen molar-refractivity contribution in [2.24, 2.45) is 0 Å². The highest BCUT2D eigenvalue weighted by atomic mass is 14.8. The highest BCUT2D eigenvalue weighted by Crippen LogP contribution is 2.41. The Bertz CT molecular complexity index is 1750. The molecule has 2 aromatic heterocycles. The maximum Gasteiger partial charge on any atom is 0.0931 e. The van der Waals surface area contributed by atoms with E-state index in [0.29, 0.717) is 0 Å². The molecule has 5 rings (SSSR count). The Kier molecular flexibility index (Phi) is 19.2. The van der Waals surface area contributed by atoms with Crippen LogP contribution in [0.15, 0.2) is 12.1 Å². The van der Waals surface area contributed by atoms with Crippen LogP contribution in [0.5, 0.6) is 0 Å². The standard InChI is InChI=1S/C54H82N4/c1-9-13-17-21-25-29-33-43-47-37-49-45(35-31-27-23-19-15-11-3)53-54(58-42(8)41(7)57-53)46(36-32-28-24-20-16-12-4)50(49)38-48(47)44(34-30-26-22-18-14-10-2)52-51(43)55-39(5)40(6)56-52/h37-38H,9-36H2,1-8H3. The maximum atomic E-state index is 5.45. The van der Waals surface area contributed by atoms with Crippen LogP contribution < -0.4 is 0 Å². The van der Waals surface area contributed by atoms with Gasteiger partial charge in [0, 0.05) is 0 Å². The number of nitrogens with zero attached hydrogens (tertiary/aromatic N) is 4. The third kappa shape index (κ3) is 12.0. The van der Waals surface area contributed by atoms with Crippen LogP contribution in [0.4, 0.5) is 0 Å². The molecule has 5 aromatic rings. The molecule has 3 aromatic carbocycles. The molecule has 0 spiro atoms. The monoisotopic (exact) mass is 787 g/mol. The summed E-state index contributed by atoms with van der Waals surface area (Å²) in [4.78, 5) is 21.8. The van der Waals surface area contributed by atoms with E-state index in [1.54, 1.807) is 0 Å². The van der Waals surface area contributed by atoms with Gasteiger partial charge in [0.1, 0.15) is 0 Å². The van der Waals surface area contributed by atoms with Crippen molar-refractivity contribution in [1.29, 1.82) is 0 Å². The van der Waals surface area contributed by atoms with Gasteiger partial charge in [0.25, 0.3) is 0 Å². The molecule has 0 N–H and O–H groups in total. The van der Waals surface area contributed by atoms with Crippen molar-refractivity contribution in [1.82, 2.24) is 19.9 Å². The predicted octanol–water partition coefficient (Wildman–Crippen LogP) is 16.7. The minimum Gasteiger partial charge on any atom is -0.249 e. The molecule has 4 nitrogen and oxygen atoms in total. The molecule has 58 heavy (non-hydrogen) atoms. The lowest BCUT2D eigenvalue weighted by Crippen LogP contribution is -2.06. The van der Waals surface area contributed by atoms with Crippen molar-refractivity contribution in [3.05, 3.63) is 57.2 Å². The van der Waals surface area contributed by atoms with E-state index in [2.05, 4.69) is 67.5 Å². The molecule has 0 unspecified atom stereocenters. The van der Waals surface area contributed by atoms with Crippen LogP contribution in [-0.2, 0) is 25.7 Å². The third-order valence-corrected chi connectivity index (χ3v) is 13.3. The highest BCUT2D eigenvalue weighted by Gasteiger charge is 2.23. The second-order valence-corrected chi connectivity index (χ2v) is 18.1. The molecule has 0 saturated carbocycles. The van der Waals surface area contributed by atoms with Crippen molar-refractivity contribution >= 4 is 43.6 Å². The second-order valence-electron chi connectivity index (χ2n) is 18.1. The Morgan fingerprint density at radius 3 is 0.672 bits per heavy atom. The fourth-order valence-electron chi connectivity index (χ4n) is 9.50. The van der Waals surface area contributed by atoms with Crippen molar-refractivity contribution in [3.63, 3.8) is 0 Å². The summed E-state index contributed by atoms with van der Waals surface area (Å²) in [5.41, 5.74) is 14.7. The zero-order valence-electron chi connectivity index (χ0n) is 38.7. The number of rotatable bonds is 28. The molecular formula is C54H82N4. The van der Waals surface area contributed by atoms with Gasteiger partial charge in [0.05, 0.1) is 44.8 Å². The third-order valence-electron chi connectivity index (χ3n) is 13.3. The average Bonchev–Trinajstić information content (AvgIpc) is 3.21. The van der Waals surface area contributed by atoms with Crippen LogP contribution in [0.25, 0.3) is 43.6 Å². The molecule has 0 aliphatic heterocycles. The number of aromatic nitrogens is 4. The number of hydrogen-bond donors (Lipinski definition) is 0. The molecule has 0 amide bonds. The predicted molar refractivity (Wildman–Crippen MR) is 255 cm³/mol. The zero-order valence-corrected chi connectivity index (χ0v) is 38.7. The van der Waals surface area contributed by atoms with Crippen molar-refractivity contribution < 1.29 is 0 Å². The largest absolute Gasteiger partial charge is 0.249 e. The first-order chi connectivity index (χ1) is 28.3. The van der Waals surface area contributed by atoms with E-state index >= 15 is 0 Å². The Morgan fingerprint density at radius 2 is 0.466 bits per heavy atom. The summed E-state index contributed by atoms with van der Waals surface area (Å²) in [5.74, 6) is 0. The highest BCUT2D eigenvalue weighted by molar-refractivity contribution is 6.13. The first-order valence-electron chi connectivity index (χ1n) is 24.7. The Labute approximate surface area is 354 Å². The van der Waals surface area contributed by atoms with Gasteiger partial charge in [0.2, 0.25) is 0 Å². The van der Waals surface area contributed by atoms with Gasteiger partial charge in [-0.15, -0.1) is 0 Å². The SMILES string of the molecule is CCCCCCCCc1c2cc3c(CCCCCCCC)c4nc(C)c(C)nc4c(CCCCCCCC)c3cc2c(CCCCCCCC)c2nc(C)c(C)nc12. The van der Waals surface area contributed by atoms with Gasteiger partial charge in [-0.1, -0.05) is 156 Å². The Balaban J connectivity index is 1.77. The molecule has 0 saturated heterocycles. The van der Waals surface area contributed by atoms with Crippen LogP contribution in [0.1, 0.15) is 227 Å². The normalized spacial score (nSPS) is 12.0. The molecule has 0 radical (unpaired) electrons. The van der Waals surface area contributed by atoms with E-state index in [0.717, 1.165) is 48.5 Å². The first-order valence-corrected chi connectivity index (χ1v) is 24.7. The van der Waals surface area contributed by atoms with Gasteiger partial charge in [-0.2, -0.15) is 0 Å². The lowest BCUT2D eigenvalue weighted by Gasteiger charge is -2.21. The molecule has 0 bridgehead atoms. The Hall–Kier alpha value is -3.14. The summed E-state index contributed by atoms with van der Waals surface area (Å²) in [6.45, 7) is 17.9. The number of benzene rings is 3. The van der Waals surface area contributed by atoms with Crippen molar-refractivity contribution in [3.8, 4) is 0 Å². The summed E-state index contributed by atoms with van der Waals surface area (Å²) < 4.78 is 0. The summed E-state index contributed by atoms with van der Waals surface area (Å²) in [6, 6.07) is 5.29. The summed E-state index contributed by atoms with van der Waals surface area (Å²) in [6.07, 6.45) is 35.3. The summed E-state index contributed by atoms with van der Waals surface area (Å²) >= 11 is 0. The molecule has 2 heterocycles. The van der Waals surface area contributed by atoms with Gasteiger partial charge in [-0.05, 0) is 135 Å². The average molecular weight is 787 g/mol. The molecule has 0 aliphatic carbocycles. The molecule has 0 fully saturated rings. The van der Waals surface area contributed by atoms with Crippen LogP contribution in [0.3, 0.4) is 0 Å². The van der Waals surface area contributed by atoms with Crippen LogP contribution >= 0.6 is 0 Å². The number of unbranched alkanes of at least 4 members (excludes halogenated alkanes) is 20. The number of hydrogen-bond acceptors (Lipinski definition) is 4. The van der Waals surface area contributed by atoms with E-state index in [9.17, 15) is 0 Å². The van der Waals surface area contributed by atoms with Crippen LogP contribution in [-0.4, -0.2) is 19.9 Å². The quantitative estimate of drug-likeness (QED) is 0.0374. The van der Waals surface area contributed by atoms with Crippen LogP contribution in [0.2, 0.25) is 0 Å². The van der Waals surface area contributed by atoms with E-state index in [4.69, 9.17) is 19.9 Å². The van der Waals surface area contributed by atoms with E-state index in [1.807, 2.05) is 0 Å².